The Bertz CT molecular complexity index is 372. The smallest absolute Gasteiger partial charge is 0.130 e. The number of aldehydes is 1. The van der Waals surface area contributed by atoms with E-state index < -0.39 is 0 Å². The normalized spacial score (nSPS) is 17.4. The van der Waals surface area contributed by atoms with E-state index in [1.165, 1.54) is 0 Å². The third-order valence-corrected chi connectivity index (χ3v) is 3.40. The zero-order chi connectivity index (χ0) is 11.6. The second kappa shape index (κ2) is 4.16. The van der Waals surface area contributed by atoms with Gasteiger partial charge < -0.3 is 14.3 Å². The lowest BCUT2D eigenvalue weighted by molar-refractivity contribution is -0.115. The number of methoxy groups -OCH3 is 2. The quantitative estimate of drug-likeness (QED) is 0.730. The van der Waals surface area contributed by atoms with Crippen LogP contribution < -0.4 is 9.47 Å². The van der Waals surface area contributed by atoms with Gasteiger partial charge in [0.25, 0.3) is 0 Å². The molecule has 0 bridgehead atoms. The SMILES string of the molecule is COc1cc(OC)cc(C2(C=O)CCC2)c1. The van der Waals surface area contributed by atoms with Crippen LogP contribution in [0.3, 0.4) is 0 Å². The first-order valence-electron chi connectivity index (χ1n) is 5.44. The molecule has 1 aliphatic rings. The molecule has 0 unspecified atom stereocenters. The minimum absolute atomic E-state index is 0.304. The molecule has 0 radical (unpaired) electrons. The van der Waals surface area contributed by atoms with Crippen LogP contribution in [0.1, 0.15) is 24.8 Å². The lowest BCUT2D eigenvalue weighted by atomic mass is 9.65. The van der Waals surface area contributed by atoms with Gasteiger partial charge in [-0.3, -0.25) is 0 Å². The first-order valence-corrected chi connectivity index (χ1v) is 5.44. The Morgan fingerprint density at radius 3 is 2.00 bits per heavy atom. The van der Waals surface area contributed by atoms with Crippen LogP contribution in [0, 0.1) is 0 Å². The first kappa shape index (κ1) is 11.0. The summed E-state index contributed by atoms with van der Waals surface area (Å²) < 4.78 is 10.4. The fourth-order valence-corrected chi connectivity index (χ4v) is 2.13. The molecule has 1 aromatic carbocycles. The van der Waals surface area contributed by atoms with Gasteiger partial charge in [0.2, 0.25) is 0 Å². The Hall–Kier alpha value is -1.51. The summed E-state index contributed by atoms with van der Waals surface area (Å²) in [5, 5.41) is 0. The number of carbonyl (C=O) groups excluding carboxylic acids is 1. The molecule has 0 N–H and O–H groups in total. The van der Waals surface area contributed by atoms with Crippen LogP contribution in [-0.2, 0) is 10.2 Å². The van der Waals surface area contributed by atoms with E-state index in [4.69, 9.17) is 9.47 Å². The lowest BCUT2D eigenvalue weighted by Crippen LogP contribution is -2.35. The van der Waals surface area contributed by atoms with Gasteiger partial charge in [-0.1, -0.05) is 6.42 Å². The summed E-state index contributed by atoms with van der Waals surface area (Å²) >= 11 is 0. The second-order valence-corrected chi connectivity index (χ2v) is 4.23. The van der Waals surface area contributed by atoms with Crippen molar-refractivity contribution in [2.45, 2.75) is 24.7 Å². The van der Waals surface area contributed by atoms with Crippen molar-refractivity contribution in [3.8, 4) is 11.5 Å². The van der Waals surface area contributed by atoms with Crippen molar-refractivity contribution in [3.05, 3.63) is 23.8 Å². The number of rotatable bonds is 4. The molecule has 0 aliphatic heterocycles. The summed E-state index contributed by atoms with van der Waals surface area (Å²) in [7, 11) is 3.24. The van der Waals surface area contributed by atoms with Crippen molar-refractivity contribution in [3.63, 3.8) is 0 Å². The van der Waals surface area contributed by atoms with E-state index in [-0.39, 0.29) is 5.41 Å². The largest absolute Gasteiger partial charge is 0.497 e. The monoisotopic (exact) mass is 220 g/mol. The third kappa shape index (κ3) is 1.66. The van der Waals surface area contributed by atoms with Gasteiger partial charge in [-0.15, -0.1) is 0 Å². The molecule has 0 amide bonds. The minimum Gasteiger partial charge on any atom is -0.497 e. The zero-order valence-corrected chi connectivity index (χ0v) is 9.66. The Balaban J connectivity index is 2.43. The fourth-order valence-electron chi connectivity index (χ4n) is 2.13. The molecule has 1 aromatic rings. The van der Waals surface area contributed by atoms with Crippen LogP contribution in [0.2, 0.25) is 0 Å². The van der Waals surface area contributed by atoms with Crippen molar-refractivity contribution in [1.82, 2.24) is 0 Å². The van der Waals surface area contributed by atoms with Crippen molar-refractivity contribution in [2.24, 2.45) is 0 Å². The van der Waals surface area contributed by atoms with Gasteiger partial charge in [0.1, 0.15) is 17.8 Å². The predicted octanol–water partition coefficient (Wildman–Crippen LogP) is 2.32. The van der Waals surface area contributed by atoms with Crippen LogP contribution in [0.15, 0.2) is 18.2 Å². The molecule has 1 aliphatic carbocycles. The van der Waals surface area contributed by atoms with E-state index in [2.05, 4.69) is 0 Å². The molecular weight excluding hydrogens is 204 g/mol. The molecule has 2 rings (SSSR count). The van der Waals surface area contributed by atoms with Gasteiger partial charge in [-0.05, 0) is 30.5 Å². The maximum absolute atomic E-state index is 11.2. The van der Waals surface area contributed by atoms with E-state index in [1.54, 1.807) is 14.2 Å². The van der Waals surface area contributed by atoms with Gasteiger partial charge >= 0.3 is 0 Å². The Kier molecular flexibility index (Phi) is 2.86. The van der Waals surface area contributed by atoms with Gasteiger partial charge in [-0.2, -0.15) is 0 Å². The van der Waals surface area contributed by atoms with E-state index in [0.717, 1.165) is 42.6 Å². The van der Waals surface area contributed by atoms with Crippen molar-refractivity contribution in [2.75, 3.05) is 14.2 Å². The summed E-state index contributed by atoms with van der Waals surface area (Å²) in [5.74, 6) is 1.48. The highest BCUT2D eigenvalue weighted by Crippen LogP contribution is 2.44. The molecule has 0 spiro atoms. The van der Waals surface area contributed by atoms with Gasteiger partial charge in [-0.25, -0.2) is 0 Å². The molecule has 1 saturated carbocycles. The highest BCUT2D eigenvalue weighted by Gasteiger charge is 2.39. The number of ether oxygens (including phenoxy) is 2. The standard InChI is InChI=1S/C13H16O3/c1-15-11-6-10(7-12(8-11)16-2)13(9-14)4-3-5-13/h6-9H,3-5H2,1-2H3. The molecular formula is C13H16O3. The summed E-state index contributed by atoms with van der Waals surface area (Å²) in [5.41, 5.74) is 0.701. The topological polar surface area (TPSA) is 35.5 Å². The van der Waals surface area contributed by atoms with Crippen LogP contribution in [0.5, 0.6) is 11.5 Å². The number of hydrogen-bond donors (Lipinski definition) is 0. The lowest BCUT2D eigenvalue weighted by Gasteiger charge is -2.37. The summed E-state index contributed by atoms with van der Waals surface area (Å²) in [4.78, 5) is 11.2. The van der Waals surface area contributed by atoms with Gasteiger partial charge in [0, 0.05) is 6.07 Å². The summed E-state index contributed by atoms with van der Waals surface area (Å²) in [6.07, 6.45) is 4.02. The Labute approximate surface area is 95.4 Å². The van der Waals surface area contributed by atoms with Crippen LogP contribution in [-0.4, -0.2) is 20.5 Å². The van der Waals surface area contributed by atoms with Crippen LogP contribution in [0.4, 0.5) is 0 Å². The number of carbonyl (C=O) groups is 1. The molecule has 3 heteroatoms. The Morgan fingerprint density at radius 2 is 1.69 bits per heavy atom. The number of benzene rings is 1. The first-order chi connectivity index (χ1) is 7.74. The molecule has 3 nitrogen and oxygen atoms in total. The molecule has 86 valence electrons. The molecule has 0 saturated heterocycles. The predicted molar refractivity (Wildman–Crippen MR) is 61.1 cm³/mol. The van der Waals surface area contributed by atoms with E-state index in [1.807, 2.05) is 18.2 Å². The molecule has 0 heterocycles. The maximum atomic E-state index is 11.2. The average Bonchev–Trinajstić information content (AvgIpc) is 2.28. The van der Waals surface area contributed by atoms with Crippen LogP contribution >= 0.6 is 0 Å². The summed E-state index contributed by atoms with van der Waals surface area (Å²) in [6.45, 7) is 0. The third-order valence-electron chi connectivity index (χ3n) is 3.40. The minimum atomic E-state index is -0.304. The van der Waals surface area contributed by atoms with Gasteiger partial charge in [0.15, 0.2) is 0 Å². The van der Waals surface area contributed by atoms with Gasteiger partial charge in [0.05, 0.1) is 19.6 Å². The van der Waals surface area contributed by atoms with Crippen LogP contribution in [0.25, 0.3) is 0 Å². The summed E-state index contributed by atoms with van der Waals surface area (Å²) in [6, 6.07) is 5.67. The van der Waals surface area contributed by atoms with E-state index in [0.29, 0.717) is 0 Å². The number of hydrogen-bond acceptors (Lipinski definition) is 3. The highest BCUT2D eigenvalue weighted by atomic mass is 16.5. The molecule has 1 fully saturated rings. The molecule has 0 atom stereocenters. The van der Waals surface area contributed by atoms with Crippen molar-refractivity contribution >= 4 is 6.29 Å². The highest BCUT2D eigenvalue weighted by molar-refractivity contribution is 5.71. The van der Waals surface area contributed by atoms with Crippen molar-refractivity contribution < 1.29 is 14.3 Å². The second-order valence-electron chi connectivity index (χ2n) is 4.23. The van der Waals surface area contributed by atoms with E-state index >= 15 is 0 Å². The molecule has 16 heavy (non-hydrogen) atoms. The van der Waals surface area contributed by atoms with E-state index in [9.17, 15) is 4.79 Å². The maximum Gasteiger partial charge on any atom is 0.130 e. The van der Waals surface area contributed by atoms with Crippen molar-refractivity contribution in [1.29, 1.82) is 0 Å². The zero-order valence-electron chi connectivity index (χ0n) is 9.66. The fraction of sp³-hybridized carbons (Fsp3) is 0.462. The average molecular weight is 220 g/mol. The Morgan fingerprint density at radius 1 is 1.12 bits per heavy atom. The molecule has 0 aromatic heterocycles.